The molecule has 0 saturated carbocycles. The Bertz CT molecular complexity index is 794. The first-order chi connectivity index (χ1) is 9.74. The maximum absolute atomic E-state index is 6.15. The summed E-state index contributed by atoms with van der Waals surface area (Å²) in [7, 11) is 0. The van der Waals surface area contributed by atoms with E-state index in [0.717, 1.165) is 22.2 Å². The summed E-state index contributed by atoms with van der Waals surface area (Å²) in [4.78, 5) is 4.58. The zero-order valence-corrected chi connectivity index (χ0v) is 12.1. The highest BCUT2D eigenvalue weighted by atomic mass is 35.5. The fraction of sp³-hybridized carbons (Fsp3) is 0. The summed E-state index contributed by atoms with van der Waals surface area (Å²) >= 11 is 12.1. The lowest BCUT2D eigenvalue weighted by Gasteiger charge is -2.01. The first-order valence-corrected chi connectivity index (χ1v) is 6.97. The predicted molar refractivity (Wildman–Crippen MR) is 87.1 cm³/mol. The molecule has 0 fully saturated rings. The van der Waals surface area contributed by atoms with Gasteiger partial charge in [-0.25, -0.2) is 4.98 Å². The minimum Gasteiger partial charge on any atom is -0.248 e. The van der Waals surface area contributed by atoms with Crippen molar-refractivity contribution in [2.75, 3.05) is 0 Å². The second-order valence-electron chi connectivity index (χ2n) is 4.41. The number of hydrogen-bond acceptors (Lipinski definition) is 1. The van der Waals surface area contributed by atoms with Gasteiger partial charge in [0.2, 0.25) is 0 Å². The molecule has 1 heterocycles. The molecule has 0 bridgehead atoms. The molecule has 3 aromatic rings. The highest BCUT2D eigenvalue weighted by Crippen LogP contribution is 2.26. The van der Waals surface area contributed by atoms with Crippen molar-refractivity contribution in [2.45, 2.75) is 0 Å². The molecule has 0 amide bonds. The van der Waals surface area contributed by atoms with Crippen LogP contribution in [0.2, 0.25) is 10.0 Å². The second kappa shape index (κ2) is 5.66. The lowest BCUT2D eigenvalue weighted by atomic mass is 10.1. The van der Waals surface area contributed by atoms with Gasteiger partial charge in [0.05, 0.1) is 21.3 Å². The Balaban J connectivity index is 1.96. The van der Waals surface area contributed by atoms with Crippen molar-refractivity contribution in [2.24, 2.45) is 0 Å². The van der Waals surface area contributed by atoms with E-state index in [1.54, 1.807) is 6.07 Å². The average Bonchev–Trinajstić information content (AvgIpc) is 2.48. The molecule has 0 unspecified atom stereocenters. The van der Waals surface area contributed by atoms with Gasteiger partial charge in [-0.05, 0) is 29.8 Å². The monoisotopic (exact) mass is 299 g/mol. The lowest BCUT2D eigenvalue weighted by Crippen LogP contribution is -1.83. The molecule has 0 saturated heterocycles. The van der Waals surface area contributed by atoms with Crippen LogP contribution in [0.25, 0.3) is 23.1 Å². The summed E-state index contributed by atoms with van der Waals surface area (Å²) in [5, 5.41) is 2.25. The second-order valence-corrected chi connectivity index (χ2v) is 5.19. The molecule has 3 rings (SSSR count). The van der Waals surface area contributed by atoms with Crippen molar-refractivity contribution in [3.8, 4) is 0 Å². The van der Waals surface area contributed by atoms with Gasteiger partial charge in [0, 0.05) is 5.39 Å². The normalized spacial score (nSPS) is 11.3. The molecule has 0 radical (unpaired) electrons. The Morgan fingerprint density at radius 3 is 2.55 bits per heavy atom. The SMILES string of the molecule is Clc1cccc(/C=C/c2ccc3ccccc3n2)c1Cl. The van der Waals surface area contributed by atoms with E-state index in [-0.39, 0.29) is 0 Å². The topological polar surface area (TPSA) is 12.9 Å². The maximum atomic E-state index is 6.15. The first-order valence-electron chi connectivity index (χ1n) is 6.22. The standard InChI is InChI=1S/C17H11Cl2N/c18-15-6-3-5-13(17(15)19)9-11-14-10-8-12-4-1-2-7-16(12)20-14/h1-11H/b11-9+. The zero-order valence-electron chi connectivity index (χ0n) is 10.6. The number of hydrogen-bond donors (Lipinski definition) is 0. The van der Waals surface area contributed by atoms with Gasteiger partial charge in [0.25, 0.3) is 0 Å². The number of fused-ring (bicyclic) bond motifs is 1. The molecule has 1 nitrogen and oxygen atoms in total. The maximum Gasteiger partial charge on any atom is 0.0709 e. The molecule has 0 N–H and O–H groups in total. The van der Waals surface area contributed by atoms with E-state index >= 15 is 0 Å². The molecule has 0 aliphatic heterocycles. The van der Waals surface area contributed by atoms with Gasteiger partial charge < -0.3 is 0 Å². The van der Waals surface area contributed by atoms with Gasteiger partial charge in [-0.15, -0.1) is 0 Å². The van der Waals surface area contributed by atoms with Crippen molar-refractivity contribution in [1.29, 1.82) is 0 Å². The van der Waals surface area contributed by atoms with Crippen LogP contribution in [0.3, 0.4) is 0 Å². The summed E-state index contributed by atoms with van der Waals surface area (Å²) in [5.41, 5.74) is 2.75. The van der Waals surface area contributed by atoms with Crippen LogP contribution in [0, 0.1) is 0 Å². The molecule has 0 aliphatic carbocycles. The van der Waals surface area contributed by atoms with Crippen molar-refractivity contribution in [3.63, 3.8) is 0 Å². The summed E-state index contributed by atoms with van der Waals surface area (Å²) in [6, 6.07) is 17.6. The minimum atomic E-state index is 0.556. The van der Waals surface area contributed by atoms with Gasteiger partial charge in [-0.2, -0.15) is 0 Å². The lowest BCUT2D eigenvalue weighted by molar-refractivity contribution is 1.37. The zero-order chi connectivity index (χ0) is 13.9. The van der Waals surface area contributed by atoms with Crippen LogP contribution in [0.1, 0.15) is 11.3 Å². The van der Waals surface area contributed by atoms with Crippen LogP contribution in [0.4, 0.5) is 0 Å². The first kappa shape index (κ1) is 13.2. The van der Waals surface area contributed by atoms with E-state index in [0.29, 0.717) is 10.0 Å². The van der Waals surface area contributed by atoms with E-state index < -0.39 is 0 Å². The molecule has 1 aromatic heterocycles. The van der Waals surface area contributed by atoms with Crippen LogP contribution in [-0.4, -0.2) is 4.98 Å². The number of aromatic nitrogens is 1. The Kier molecular flexibility index (Phi) is 3.72. The predicted octanol–water partition coefficient (Wildman–Crippen LogP) is 5.71. The molecule has 0 spiro atoms. The van der Waals surface area contributed by atoms with E-state index in [1.807, 2.05) is 54.6 Å². The van der Waals surface area contributed by atoms with Gasteiger partial charge in [-0.1, -0.05) is 65.7 Å². The van der Waals surface area contributed by atoms with Crippen LogP contribution in [0.5, 0.6) is 0 Å². The van der Waals surface area contributed by atoms with Gasteiger partial charge in [-0.3, -0.25) is 0 Å². The highest BCUT2D eigenvalue weighted by Gasteiger charge is 2.01. The number of pyridine rings is 1. The summed E-state index contributed by atoms with van der Waals surface area (Å²) in [6.45, 7) is 0. The molecule has 0 atom stereocenters. The van der Waals surface area contributed by atoms with E-state index in [4.69, 9.17) is 23.2 Å². The number of para-hydroxylation sites is 1. The third-order valence-corrected chi connectivity index (χ3v) is 3.87. The molecular weight excluding hydrogens is 289 g/mol. The fourth-order valence-corrected chi connectivity index (χ4v) is 2.37. The summed E-state index contributed by atoms with van der Waals surface area (Å²) < 4.78 is 0. The summed E-state index contributed by atoms with van der Waals surface area (Å²) in [5.74, 6) is 0. The molecule has 20 heavy (non-hydrogen) atoms. The van der Waals surface area contributed by atoms with Gasteiger partial charge in [0.15, 0.2) is 0 Å². The number of rotatable bonds is 2. The largest absolute Gasteiger partial charge is 0.248 e. The summed E-state index contributed by atoms with van der Waals surface area (Å²) in [6.07, 6.45) is 3.86. The minimum absolute atomic E-state index is 0.556. The third kappa shape index (κ3) is 2.69. The van der Waals surface area contributed by atoms with Crippen molar-refractivity contribution >= 4 is 46.3 Å². The van der Waals surface area contributed by atoms with E-state index in [2.05, 4.69) is 11.1 Å². The quantitative estimate of drug-likeness (QED) is 0.590. The molecular formula is C17H11Cl2N. The highest BCUT2D eigenvalue weighted by molar-refractivity contribution is 6.42. The van der Waals surface area contributed by atoms with Crippen molar-refractivity contribution in [1.82, 2.24) is 4.98 Å². The van der Waals surface area contributed by atoms with Crippen LogP contribution in [-0.2, 0) is 0 Å². The Labute approximate surface area is 127 Å². The average molecular weight is 300 g/mol. The molecule has 98 valence electrons. The molecule has 3 heteroatoms. The number of halogens is 2. The Morgan fingerprint density at radius 2 is 1.65 bits per heavy atom. The van der Waals surface area contributed by atoms with E-state index in [9.17, 15) is 0 Å². The smallest absolute Gasteiger partial charge is 0.0709 e. The van der Waals surface area contributed by atoms with Crippen LogP contribution < -0.4 is 0 Å². The molecule has 0 aliphatic rings. The van der Waals surface area contributed by atoms with Crippen LogP contribution >= 0.6 is 23.2 Å². The van der Waals surface area contributed by atoms with Gasteiger partial charge in [0.1, 0.15) is 0 Å². The third-order valence-electron chi connectivity index (χ3n) is 3.04. The Morgan fingerprint density at radius 1 is 0.800 bits per heavy atom. The van der Waals surface area contributed by atoms with Gasteiger partial charge >= 0.3 is 0 Å². The van der Waals surface area contributed by atoms with E-state index in [1.165, 1.54) is 0 Å². The number of nitrogens with zero attached hydrogens (tertiary/aromatic N) is 1. The van der Waals surface area contributed by atoms with Crippen LogP contribution in [0.15, 0.2) is 54.6 Å². The number of benzene rings is 2. The Hall–Kier alpha value is -1.83. The fourth-order valence-electron chi connectivity index (χ4n) is 2.00. The molecule has 2 aromatic carbocycles. The van der Waals surface area contributed by atoms with Crippen molar-refractivity contribution < 1.29 is 0 Å². The van der Waals surface area contributed by atoms with Crippen molar-refractivity contribution in [3.05, 3.63) is 75.9 Å².